The van der Waals surface area contributed by atoms with E-state index in [0.29, 0.717) is 12.5 Å². The van der Waals surface area contributed by atoms with Gasteiger partial charge in [0, 0.05) is 18.0 Å². The summed E-state index contributed by atoms with van der Waals surface area (Å²) in [7, 11) is 0. The molecule has 1 saturated heterocycles. The average molecular weight is 297 g/mol. The first-order valence-corrected chi connectivity index (χ1v) is 7.92. The predicted octanol–water partition coefficient (Wildman–Crippen LogP) is 2.06. The van der Waals surface area contributed by atoms with Gasteiger partial charge in [-0.1, -0.05) is 0 Å². The Kier molecular flexibility index (Phi) is 4.99. The number of aliphatic hydroxyl groups is 1. The Morgan fingerprint density at radius 3 is 2.65 bits per heavy atom. The van der Waals surface area contributed by atoms with Crippen molar-refractivity contribution in [3.63, 3.8) is 0 Å². The van der Waals surface area contributed by atoms with E-state index in [2.05, 4.69) is 10.3 Å². The van der Waals surface area contributed by atoms with E-state index < -0.39 is 0 Å². The van der Waals surface area contributed by atoms with Gasteiger partial charge in [-0.3, -0.25) is 0 Å². The molecule has 6 heteroatoms. The van der Waals surface area contributed by atoms with E-state index in [-0.39, 0.29) is 12.1 Å². The van der Waals surface area contributed by atoms with Crippen LogP contribution in [0.1, 0.15) is 35.3 Å². The standard InChI is InChI=1S/C14H23N3O2S/c1-9-11(3)20-13(16-9)8-15-14(19)17-6-4-12(5-7-17)10(2)18/h10,12,18H,4-8H2,1-3H3,(H,15,19). The number of thiazole rings is 1. The number of carbonyl (C=O) groups excluding carboxylic acids is 1. The number of hydrogen-bond acceptors (Lipinski definition) is 4. The van der Waals surface area contributed by atoms with Crippen molar-refractivity contribution >= 4 is 17.4 Å². The van der Waals surface area contributed by atoms with Gasteiger partial charge < -0.3 is 15.3 Å². The maximum atomic E-state index is 12.1. The minimum Gasteiger partial charge on any atom is -0.393 e. The Hall–Kier alpha value is -1.14. The molecular formula is C14H23N3O2S. The van der Waals surface area contributed by atoms with Crippen LogP contribution in [0.2, 0.25) is 0 Å². The zero-order valence-corrected chi connectivity index (χ0v) is 13.2. The third-order valence-electron chi connectivity index (χ3n) is 3.97. The highest BCUT2D eigenvalue weighted by molar-refractivity contribution is 7.11. The molecule has 1 unspecified atom stereocenters. The van der Waals surface area contributed by atoms with Gasteiger partial charge >= 0.3 is 6.03 Å². The van der Waals surface area contributed by atoms with Gasteiger partial charge in [0.2, 0.25) is 0 Å². The van der Waals surface area contributed by atoms with Crippen LogP contribution in [0.5, 0.6) is 0 Å². The lowest BCUT2D eigenvalue weighted by Gasteiger charge is -2.33. The second-order valence-electron chi connectivity index (χ2n) is 5.47. The second-order valence-corrected chi connectivity index (χ2v) is 6.76. The molecule has 112 valence electrons. The van der Waals surface area contributed by atoms with E-state index in [1.807, 2.05) is 25.7 Å². The summed E-state index contributed by atoms with van der Waals surface area (Å²) in [4.78, 5) is 19.5. The molecule has 1 fully saturated rings. The van der Waals surface area contributed by atoms with Gasteiger partial charge in [0.1, 0.15) is 5.01 Å². The average Bonchev–Trinajstić information content (AvgIpc) is 2.75. The fraction of sp³-hybridized carbons (Fsp3) is 0.714. The van der Waals surface area contributed by atoms with Crippen molar-refractivity contribution < 1.29 is 9.90 Å². The fourth-order valence-corrected chi connectivity index (χ4v) is 3.34. The largest absolute Gasteiger partial charge is 0.393 e. The van der Waals surface area contributed by atoms with E-state index in [0.717, 1.165) is 36.6 Å². The van der Waals surface area contributed by atoms with Crippen LogP contribution in [0.4, 0.5) is 4.79 Å². The van der Waals surface area contributed by atoms with Gasteiger partial charge in [-0.25, -0.2) is 9.78 Å². The monoisotopic (exact) mass is 297 g/mol. The molecule has 1 aliphatic heterocycles. The van der Waals surface area contributed by atoms with Crippen LogP contribution in [0.15, 0.2) is 0 Å². The lowest BCUT2D eigenvalue weighted by Crippen LogP contribution is -2.45. The van der Waals surface area contributed by atoms with Gasteiger partial charge in [-0.05, 0) is 39.5 Å². The molecule has 5 nitrogen and oxygen atoms in total. The number of hydrogen-bond donors (Lipinski definition) is 2. The Balaban J connectivity index is 1.78. The van der Waals surface area contributed by atoms with Crippen molar-refractivity contribution in [2.45, 2.75) is 46.3 Å². The van der Waals surface area contributed by atoms with Crippen molar-refractivity contribution in [2.75, 3.05) is 13.1 Å². The third kappa shape index (κ3) is 3.70. The molecule has 2 heterocycles. The van der Waals surface area contributed by atoms with Crippen molar-refractivity contribution in [3.8, 4) is 0 Å². The van der Waals surface area contributed by atoms with Crippen LogP contribution >= 0.6 is 11.3 Å². The van der Waals surface area contributed by atoms with Crippen molar-refractivity contribution in [1.29, 1.82) is 0 Å². The molecule has 0 aromatic carbocycles. The number of urea groups is 1. The van der Waals surface area contributed by atoms with Crippen molar-refractivity contribution in [3.05, 3.63) is 15.6 Å². The molecule has 20 heavy (non-hydrogen) atoms. The summed E-state index contributed by atoms with van der Waals surface area (Å²) < 4.78 is 0. The summed E-state index contributed by atoms with van der Waals surface area (Å²) in [5.41, 5.74) is 1.04. The number of aryl methyl sites for hydroxylation is 2. The number of nitrogens with zero attached hydrogens (tertiary/aromatic N) is 2. The van der Waals surface area contributed by atoms with Crippen molar-refractivity contribution in [1.82, 2.24) is 15.2 Å². The van der Waals surface area contributed by atoms with Crippen molar-refractivity contribution in [2.24, 2.45) is 5.92 Å². The molecule has 2 rings (SSSR count). The number of aliphatic hydroxyl groups excluding tert-OH is 1. The molecule has 2 amide bonds. The summed E-state index contributed by atoms with van der Waals surface area (Å²) >= 11 is 1.63. The lowest BCUT2D eigenvalue weighted by molar-refractivity contribution is 0.0798. The van der Waals surface area contributed by atoms with Gasteiger partial charge in [0.25, 0.3) is 0 Å². The highest BCUT2D eigenvalue weighted by atomic mass is 32.1. The highest BCUT2D eigenvalue weighted by Crippen LogP contribution is 2.20. The Labute approximate surface area is 124 Å². The number of nitrogens with one attached hydrogen (secondary N) is 1. The summed E-state index contributed by atoms with van der Waals surface area (Å²) in [6.07, 6.45) is 1.47. The van der Waals surface area contributed by atoms with Crippen LogP contribution in [-0.2, 0) is 6.54 Å². The first-order chi connectivity index (χ1) is 9.47. The molecule has 1 aromatic heterocycles. The molecule has 0 spiro atoms. The van der Waals surface area contributed by atoms with Crippen LogP contribution in [-0.4, -0.2) is 40.2 Å². The summed E-state index contributed by atoms with van der Waals surface area (Å²) in [5.74, 6) is 0.323. The normalized spacial score (nSPS) is 18.1. The third-order valence-corrected chi connectivity index (χ3v) is 5.05. The zero-order chi connectivity index (χ0) is 14.7. The van der Waals surface area contributed by atoms with Crippen LogP contribution in [0.3, 0.4) is 0 Å². The molecule has 0 bridgehead atoms. The maximum absolute atomic E-state index is 12.1. The minimum absolute atomic E-state index is 0.0282. The molecule has 0 saturated carbocycles. The van der Waals surface area contributed by atoms with Gasteiger partial charge in [-0.2, -0.15) is 0 Å². The number of rotatable bonds is 3. The quantitative estimate of drug-likeness (QED) is 0.897. The van der Waals surface area contributed by atoms with E-state index in [4.69, 9.17) is 0 Å². The molecule has 1 aromatic rings. The number of piperidine rings is 1. The Morgan fingerprint density at radius 2 is 2.15 bits per heavy atom. The smallest absolute Gasteiger partial charge is 0.317 e. The van der Waals surface area contributed by atoms with E-state index in [1.54, 1.807) is 11.3 Å². The van der Waals surface area contributed by atoms with E-state index in [9.17, 15) is 9.90 Å². The predicted molar refractivity (Wildman–Crippen MR) is 79.8 cm³/mol. The first kappa shape index (κ1) is 15.3. The number of aromatic nitrogens is 1. The molecule has 1 aliphatic rings. The lowest BCUT2D eigenvalue weighted by atomic mass is 9.92. The molecular weight excluding hydrogens is 274 g/mol. The number of amides is 2. The molecule has 0 radical (unpaired) electrons. The highest BCUT2D eigenvalue weighted by Gasteiger charge is 2.25. The number of carbonyl (C=O) groups is 1. The van der Waals surface area contributed by atoms with Gasteiger partial charge in [0.15, 0.2) is 0 Å². The van der Waals surface area contributed by atoms with E-state index in [1.165, 1.54) is 4.88 Å². The number of likely N-dealkylation sites (tertiary alicyclic amines) is 1. The molecule has 2 N–H and O–H groups in total. The topological polar surface area (TPSA) is 65.5 Å². The zero-order valence-electron chi connectivity index (χ0n) is 12.3. The second kappa shape index (κ2) is 6.54. The Bertz CT molecular complexity index is 445. The maximum Gasteiger partial charge on any atom is 0.317 e. The molecule has 0 aliphatic carbocycles. The molecule has 1 atom stereocenters. The summed E-state index contributed by atoms with van der Waals surface area (Å²) in [6.45, 7) is 7.79. The summed E-state index contributed by atoms with van der Waals surface area (Å²) in [5, 5.41) is 13.4. The van der Waals surface area contributed by atoms with Crippen LogP contribution in [0.25, 0.3) is 0 Å². The van der Waals surface area contributed by atoms with E-state index >= 15 is 0 Å². The van der Waals surface area contributed by atoms with Crippen LogP contribution in [0, 0.1) is 19.8 Å². The minimum atomic E-state index is -0.276. The Morgan fingerprint density at radius 1 is 1.50 bits per heavy atom. The summed E-state index contributed by atoms with van der Waals surface area (Å²) in [6, 6.07) is -0.0282. The van der Waals surface area contributed by atoms with Crippen LogP contribution < -0.4 is 5.32 Å². The SMILES string of the molecule is Cc1nc(CNC(=O)N2CCC(C(C)O)CC2)sc1C. The fourth-order valence-electron chi connectivity index (χ4n) is 2.46. The first-order valence-electron chi connectivity index (χ1n) is 7.11. The van der Waals surface area contributed by atoms with Gasteiger partial charge in [0.05, 0.1) is 18.3 Å². The van der Waals surface area contributed by atoms with Gasteiger partial charge in [-0.15, -0.1) is 11.3 Å².